The molecule has 0 aromatic heterocycles. The van der Waals surface area contributed by atoms with Crippen molar-refractivity contribution < 1.29 is 24.2 Å². The lowest BCUT2D eigenvalue weighted by molar-refractivity contribution is -0.160. The lowest BCUT2D eigenvalue weighted by Crippen LogP contribution is -2.45. The Kier molecular flexibility index (Phi) is 7.97. The zero-order chi connectivity index (χ0) is 28.9. The summed E-state index contributed by atoms with van der Waals surface area (Å²) in [7, 11) is 0. The van der Waals surface area contributed by atoms with Crippen LogP contribution in [-0.4, -0.2) is 40.1 Å². The number of ether oxygens (including phenoxy) is 2. The van der Waals surface area contributed by atoms with E-state index in [-0.39, 0.29) is 18.4 Å². The summed E-state index contributed by atoms with van der Waals surface area (Å²) in [6, 6.07) is 2.20. The van der Waals surface area contributed by atoms with Crippen molar-refractivity contribution in [3.63, 3.8) is 0 Å². The van der Waals surface area contributed by atoms with Gasteiger partial charge in [0, 0.05) is 18.2 Å². The predicted molar refractivity (Wildman–Crippen MR) is 157 cm³/mol. The first-order valence-electron chi connectivity index (χ1n) is 14.7. The molecule has 6 nitrogen and oxygen atoms in total. The number of halogens is 1. The van der Waals surface area contributed by atoms with E-state index in [0.29, 0.717) is 23.7 Å². The summed E-state index contributed by atoms with van der Waals surface area (Å²) in [6.45, 7) is 12.9. The van der Waals surface area contributed by atoms with Gasteiger partial charge in [0.1, 0.15) is 5.75 Å². The summed E-state index contributed by atoms with van der Waals surface area (Å²) < 4.78 is 12.2. The molecular formula is C33H42ClNO5. The average molecular weight is 568 g/mol. The summed E-state index contributed by atoms with van der Waals surface area (Å²) in [4.78, 5) is 28.5. The molecule has 0 bridgehead atoms. The van der Waals surface area contributed by atoms with Gasteiger partial charge in [0.2, 0.25) is 5.91 Å². The van der Waals surface area contributed by atoms with Crippen molar-refractivity contribution in [1.82, 2.24) is 4.90 Å². The molecule has 1 amide bonds. The largest absolute Gasteiger partial charge is 0.492 e. The van der Waals surface area contributed by atoms with Crippen LogP contribution in [0.15, 0.2) is 6.07 Å². The van der Waals surface area contributed by atoms with E-state index in [2.05, 4.69) is 18.7 Å². The van der Waals surface area contributed by atoms with Crippen LogP contribution in [-0.2, 0) is 33.7 Å². The summed E-state index contributed by atoms with van der Waals surface area (Å²) in [6.07, 6.45) is 6.48. The maximum atomic E-state index is 13.5. The Bertz CT molecular complexity index is 1350. The Morgan fingerprint density at radius 1 is 1.05 bits per heavy atom. The second kappa shape index (κ2) is 11.0. The van der Waals surface area contributed by atoms with E-state index in [1.54, 1.807) is 0 Å². The van der Waals surface area contributed by atoms with Crippen LogP contribution >= 0.6 is 11.6 Å². The molecule has 0 unspecified atom stereocenters. The van der Waals surface area contributed by atoms with E-state index in [1.807, 2.05) is 33.8 Å². The summed E-state index contributed by atoms with van der Waals surface area (Å²) in [5.74, 6) is -0.179. The molecule has 1 saturated carbocycles. The first-order chi connectivity index (χ1) is 18.9. The Hall–Kier alpha value is -2.57. The number of hydrogen-bond donors (Lipinski definition) is 1. The molecule has 0 spiro atoms. The van der Waals surface area contributed by atoms with Gasteiger partial charge < -0.3 is 19.5 Å². The summed E-state index contributed by atoms with van der Waals surface area (Å²) in [5, 5.41) is 11.1. The van der Waals surface area contributed by atoms with E-state index < -0.39 is 17.7 Å². The van der Waals surface area contributed by atoms with Crippen LogP contribution in [0.5, 0.6) is 5.75 Å². The number of carboxylic acids is 1. The zero-order valence-electron chi connectivity index (χ0n) is 24.7. The first-order valence-corrected chi connectivity index (χ1v) is 15.1. The minimum Gasteiger partial charge on any atom is -0.492 e. The highest BCUT2D eigenvalue weighted by molar-refractivity contribution is 6.32. The maximum absolute atomic E-state index is 13.5. The van der Waals surface area contributed by atoms with Gasteiger partial charge in [-0.15, -0.1) is 0 Å². The number of benzene rings is 2. The van der Waals surface area contributed by atoms with Gasteiger partial charge in [-0.1, -0.05) is 30.9 Å². The molecule has 2 heterocycles. The van der Waals surface area contributed by atoms with Crippen LogP contribution in [0.3, 0.4) is 0 Å². The van der Waals surface area contributed by atoms with Gasteiger partial charge in [0.25, 0.3) is 0 Å². The van der Waals surface area contributed by atoms with Gasteiger partial charge in [0.15, 0.2) is 6.10 Å². The van der Waals surface area contributed by atoms with Crippen LogP contribution in [0.4, 0.5) is 0 Å². The van der Waals surface area contributed by atoms with Crippen molar-refractivity contribution in [2.75, 3.05) is 6.61 Å². The molecule has 7 heteroatoms. The SMILES string of the molecule is Cc1c(-c2c(C)c3c(c(C)c2[C@@H](OC(C)(C)C)C(=O)O)CC(=O)N(C2CCCCC2)C3)cc(Cl)c2c1CCCO2. The fraction of sp³-hybridized carbons (Fsp3) is 0.576. The molecule has 2 aliphatic heterocycles. The fourth-order valence-corrected chi connectivity index (χ4v) is 7.30. The van der Waals surface area contributed by atoms with E-state index in [4.69, 9.17) is 21.1 Å². The Balaban J connectivity index is 1.77. The normalized spacial score (nSPS) is 18.7. The molecule has 1 atom stereocenters. The first kappa shape index (κ1) is 28.9. The van der Waals surface area contributed by atoms with Gasteiger partial charge in [-0.25, -0.2) is 4.79 Å². The van der Waals surface area contributed by atoms with Crippen LogP contribution in [0.2, 0.25) is 5.02 Å². The molecule has 2 aromatic carbocycles. The minimum atomic E-state index is -1.20. The Labute approximate surface area is 243 Å². The van der Waals surface area contributed by atoms with E-state index in [9.17, 15) is 14.7 Å². The summed E-state index contributed by atoms with van der Waals surface area (Å²) in [5.41, 5.74) is 7.74. The van der Waals surface area contributed by atoms with Crippen LogP contribution in [0, 0.1) is 20.8 Å². The van der Waals surface area contributed by atoms with Crippen molar-refractivity contribution in [2.45, 2.75) is 117 Å². The van der Waals surface area contributed by atoms with Gasteiger partial charge in [-0.05, 0) is 118 Å². The number of rotatable bonds is 5. The van der Waals surface area contributed by atoms with Crippen molar-refractivity contribution >= 4 is 23.5 Å². The molecule has 2 aromatic rings. The third-order valence-corrected chi connectivity index (χ3v) is 9.25. The maximum Gasteiger partial charge on any atom is 0.337 e. The number of carboxylic acid groups (broad SMARTS) is 1. The highest BCUT2D eigenvalue weighted by Crippen LogP contribution is 2.47. The standard InChI is InChI=1S/C33H42ClNO5/c1-18-22-13-10-14-39-30(22)26(34)15-24(18)28-20(3)25-17-35(21-11-8-7-9-12-21)27(36)16-23(25)19(2)29(28)31(32(37)38)40-33(4,5)6/h15,21,31H,7-14,16-17H2,1-6H3,(H,37,38)/t31-/m1/s1. The summed E-state index contributed by atoms with van der Waals surface area (Å²) >= 11 is 6.82. The molecule has 1 aliphatic carbocycles. The number of carbonyl (C=O) groups excluding carboxylic acids is 1. The lowest BCUT2D eigenvalue weighted by atomic mass is 9.78. The molecule has 5 rings (SSSR count). The average Bonchev–Trinajstić information content (AvgIpc) is 2.91. The van der Waals surface area contributed by atoms with Crippen molar-refractivity contribution in [3.05, 3.63) is 50.0 Å². The molecule has 3 aliphatic rings. The van der Waals surface area contributed by atoms with Gasteiger partial charge in [-0.3, -0.25) is 4.79 Å². The third kappa shape index (κ3) is 5.25. The van der Waals surface area contributed by atoms with Gasteiger partial charge >= 0.3 is 5.97 Å². The van der Waals surface area contributed by atoms with E-state index in [1.165, 1.54) is 6.42 Å². The zero-order valence-corrected chi connectivity index (χ0v) is 25.5. The molecular weight excluding hydrogens is 526 g/mol. The molecule has 216 valence electrons. The third-order valence-electron chi connectivity index (χ3n) is 8.97. The number of aliphatic carboxylic acids is 1. The smallest absolute Gasteiger partial charge is 0.337 e. The number of amides is 1. The minimum absolute atomic E-state index is 0.134. The number of hydrogen-bond acceptors (Lipinski definition) is 4. The quantitative estimate of drug-likeness (QED) is 0.407. The van der Waals surface area contributed by atoms with Crippen molar-refractivity contribution in [3.8, 4) is 16.9 Å². The van der Waals surface area contributed by atoms with Crippen LogP contribution in [0.25, 0.3) is 11.1 Å². The molecule has 1 fully saturated rings. The van der Waals surface area contributed by atoms with E-state index in [0.717, 1.165) is 88.8 Å². The lowest BCUT2D eigenvalue weighted by Gasteiger charge is -2.40. The second-order valence-corrected chi connectivity index (χ2v) is 13.1. The Morgan fingerprint density at radius 3 is 2.40 bits per heavy atom. The topological polar surface area (TPSA) is 76.1 Å². The molecule has 0 radical (unpaired) electrons. The highest BCUT2D eigenvalue weighted by atomic mass is 35.5. The predicted octanol–water partition coefficient (Wildman–Crippen LogP) is 7.42. The molecule has 40 heavy (non-hydrogen) atoms. The van der Waals surface area contributed by atoms with Crippen LogP contribution < -0.4 is 4.74 Å². The van der Waals surface area contributed by atoms with E-state index >= 15 is 0 Å². The monoisotopic (exact) mass is 567 g/mol. The fourth-order valence-electron chi connectivity index (χ4n) is 7.02. The van der Waals surface area contributed by atoms with Gasteiger partial charge in [0.05, 0.1) is 23.7 Å². The molecule has 1 N–H and O–H groups in total. The molecule has 0 saturated heterocycles. The van der Waals surface area contributed by atoms with Crippen molar-refractivity contribution in [2.24, 2.45) is 0 Å². The second-order valence-electron chi connectivity index (χ2n) is 12.7. The number of carbonyl (C=O) groups is 2. The van der Waals surface area contributed by atoms with Gasteiger partial charge in [-0.2, -0.15) is 0 Å². The van der Waals surface area contributed by atoms with Crippen molar-refractivity contribution in [1.29, 1.82) is 0 Å². The van der Waals surface area contributed by atoms with Crippen LogP contribution in [0.1, 0.15) is 104 Å². The highest BCUT2D eigenvalue weighted by Gasteiger charge is 2.38. The number of nitrogens with zero attached hydrogens (tertiary/aromatic N) is 1. The Morgan fingerprint density at radius 2 is 1.75 bits per heavy atom. The number of fused-ring (bicyclic) bond motifs is 2.